The minimum Gasteiger partial charge on any atom is -0.497 e. The molecule has 1 heterocycles. The molecule has 23 heavy (non-hydrogen) atoms. The van der Waals surface area contributed by atoms with Gasteiger partial charge in [0.2, 0.25) is 5.91 Å². The summed E-state index contributed by atoms with van der Waals surface area (Å²) in [6.07, 6.45) is 4.45. The van der Waals surface area contributed by atoms with E-state index in [4.69, 9.17) is 4.74 Å². The van der Waals surface area contributed by atoms with Gasteiger partial charge in [-0.1, -0.05) is 13.0 Å². The number of nitrogens with one attached hydrogen (secondary N) is 1. The summed E-state index contributed by atoms with van der Waals surface area (Å²) in [5.74, 6) is 3.02. The predicted octanol–water partition coefficient (Wildman–Crippen LogP) is 3.07. The molecule has 1 saturated carbocycles. The number of carbonyl (C=O) groups excluding carboxylic acids is 1. The topological polar surface area (TPSA) is 41.6 Å². The quantitative estimate of drug-likeness (QED) is 0.840. The lowest BCUT2D eigenvalue weighted by atomic mass is 10.0. The largest absolute Gasteiger partial charge is 0.497 e. The van der Waals surface area contributed by atoms with Gasteiger partial charge in [0.1, 0.15) is 5.75 Å². The molecule has 0 bridgehead atoms. The molecule has 2 unspecified atom stereocenters. The summed E-state index contributed by atoms with van der Waals surface area (Å²) in [4.78, 5) is 14.4. The smallest absolute Gasteiger partial charge is 0.220 e. The molecule has 2 atom stereocenters. The van der Waals surface area contributed by atoms with Gasteiger partial charge in [-0.3, -0.25) is 4.79 Å². The number of amides is 1. The average molecular weight is 316 g/mol. The number of benzene rings is 1. The minimum absolute atomic E-state index is 0.226. The lowest BCUT2D eigenvalue weighted by Gasteiger charge is -2.19. The Morgan fingerprint density at radius 2 is 2.22 bits per heavy atom. The fourth-order valence-electron chi connectivity index (χ4n) is 3.50. The number of methoxy groups -OCH3 is 1. The highest BCUT2D eigenvalue weighted by Crippen LogP contribution is 2.38. The molecule has 126 valence electrons. The van der Waals surface area contributed by atoms with Crippen molar-refractivity contribution in [1.82, 2.24) is 5.32 Å². The molecule has 1 aliphatic carbocycles. The third kappa shape index (κ3) is 4.40. The highest BCUT2D eigenvalue weighted by Gasteiger charge is 2.29. The first kappa shape index (κ1) is 16.2. The molecule has 2 aliphatic rings. The second-order valence-corrected chi connectivity index (χ2v) is 7.13. The SMILES string of the molecule is COc1cccc(N2CCC(CNC(=O)CC(C)C3CC3)C2)c1. The van der Waals surface area contributed by atoms with Gasteiger partial charge in [-0.2, -0.15) is 0 Å². The van der Waals surface area contributed by atoms with Crippen LogP contribution in [0.3, 0.4) is 0 Å². The van der Waals surface area contributed by atoms with Crippen LogP contribution in [0.1, 0.15) is 32.6 Å². The third-order valence-corrected chi connectivity index (χ3v) is 5.23. The lowest BCUT2D eigenvalue weighted by Crippen LogP contribution is -2.32. The van der Waals surface area contributed by atoms with E-state index in [0.29, 0.717) is 18.3 Å². The summed E-state index contributed by atoms with van der Waals surface area (Å²) in [5.41, 5.74) is 1.21. The molecule has 2 fully saturated rings. The van der Waals surface area contributed by atoms with E-state index in [1.807, 2.05) is 12.1 Å². The van der Waals surface area contributed by atoms with Gasteiger partial charge >= 0.3 is 0 Å². The Morgan fingerprint density at radius 3 is 2.96 bits per heavy atom. The fraction of sp³-hybridized carbons (Fsp3) is 0.632. The summed E-state index contributed by atoms with van der Waals surface area (Å²) in [6.45, 7) is 5.06. The van der Waals surface area contributed by atoms with Crippen molar-refractivity contribution in [2.24, 2.45) is 17.8 Å². The van der Waals surface area contributed by atoms with Gasteiger partial charge in [0.05, 0.1) is 7.11 Å². The van der Waals surface area contributed by atoms with Gasteiger partial charge in [0.15, 0.2) is 0 Å². The van der Waals surface area contributed by atoms with Gasteiger partial charge in [0, 0.05) is 37.8 Å². The van der Waals surface area contributed by atoms with Crippen LogP contribution >= 0.6 is 0 Å². The van der Waals surface area contributed by atoms with E-state index >= 15 is 0 Å². The predicted molar refractivity (Wildman–Crippen MR) is 92.8 cm³/mol. The number of ether oxygens (including phenoxy) is 1. The maximum Gasteiger partial charge on any atom is 0.220 e. The molecule has 1 N–H and O–H groups in total. The van der Waals surface area contributed by atoms with Crippen LogP contribution in [0.25, 0.3) is 0 Å². The van der Waals surface area contributed by atoms with Crippen molar-refractivity contribution in [3.8, 4) is 5.75 Å². The Kier molecular flexibility index (Phi) is 5.09. The van der Waals surface area contributed by atoms with Crippen LogP contribution in [0.4, 0.5) is 5.69 Å². The molecule has 3 rings (SSSR count). The standard InChI is InChI=1S/C19H28N2O2/c1-14(16-6-7-16)10-19(22)20-12-15-8-9-21(13-15)17-4-3-5-18(11-17)23-2/h3-5,11,14-16H,6-10,12-13H2,1-2H3,(H,20,22). The van der Waals surface area contributed by atoms with Crippen molar-refractivity contribution in [2.75, 3.05) is 31.6 Å². The first-order valence-corrected chi connectivity index (χ1v) is 8.81. The fourth-order valence-corrected chi connectivity index (χ4v) is 3.50. The van der Waals surface area contributed by atoms with E-state index in [1.54, 1.807) is 7.11 Å². The number of nitrogens with zero attached hydrogens (tertiary/aromatic N) is 1. The van der Waals surface area contributed by atoms with Crippen LogP contribution in [-0.2, 0) is 4.79 Å². The Bertz CT molecular complexity index is 542. The average Bonchev–Trinajstić information content (AvgIpc) is 3.31. The maximum atomic E-state index is 12.0. The van der Waals surface area contributed by atoms with E-state index < -0.39 is 0 Å². The zero-order valence-corrected chi connectivity index (χ0v) is 14.3. The number of anilines is 1. The summed E-state index contributed by atoms with van der Waals surface area (Å²) >= 11 is 0. The molecule has 1 amide bonds. The highest BCUT2D eigenvalue weighted by molar-refractivity contribution is 5.76. The zero-order chi connectivity index (χ0) is 16.2. The molecule has 4 nitrogen and oxygen atoms in total. The lowest BCUT2D eigenvalue weighted by molar-refractivity contribution is -0.122. The summed E-state index contributed by atoms with van der Waals surface area (Å²) < 4.78 is 5.30. The van der Waals surface area contributed by atoms with Crippen LogP contribution in [0.2, 0.25) is 0 Å². The second kappa shape index (κ2) is 7.24. The van der Waals surface area contributed by atoms with E-state index in [-0.39, 0.29) is 5.91 Å². The van der Waals surface area contributed by atoms with Crippen molar-refractivity contribution >= 4 is 11.6 Å². The molecular weight excluding hydrogens is 288 g/mol. The van der Waals surface area contributed by atoms with Gasteiger partial charge in [-0.25, -0.2) is 0 Å². The van der Waals surface area contributed by atoms with E-state index in [0.717, 1.165) is 37.7 Å². The van der Waals surface area contributed by atoms with Gasteiger partial charge in [-0.15, -0.1) is 0 Å². The molecule has 1 aromatic carbocycles. The first-order chi connectivity index (χ1) is 11.2. The van der Waals surface area contributed by atoms with Crippen LogP contribution < -0.4 is 15.0 Å². The monoisotopic (exact) mass is 316 g/mol. The second-order valence-electron chi connectivity index (χ2n) is 7.13. The molecule has 1 aromatic rings. The third-order valence-electron chi connectivity index (χ3n) is 5.23. The number of hydrogen-bond donors (Lipinski definition) is 1. The molecule has 1 aliphatic heterocycles. The Morgan fingerprint density at radius 1 is 1.39 bits per heavy atom. The van der Waals surface area contributed by atoms with Crippen molar-refractivity contribution < 1.29 is 9.53 Å². The van der Waals surface area contributed by atoms with Gasteiger partial charge in [0.25, 0.3) is 0 Å². The van der Waals surface area contributed by atoms with Gasteiger partial charge < -0.3 is 15.0 Å². The van der Waals surface area contributed by atoms with Gasteiger partial charge in [-0.05, 0) is 49.1 Å². The van der Waals surface area contributed by atoms with Crippen LogP contribution in [0, 0.1) is 17.8 Å². The highest BCUT2D eigenvalue weighted by atomic mass is 16.5. The van der Waals surface area contributed by atoms with Crippen LogP contribution in [0.15, 0.2) is 24.3 Å². The zero-order valence-electron chi connectivity index (χ0n) is 14.3. The van der Waals surface area contributed by atoms with Crippen LogP contribution in [-0.4, -0.2) is 32.7 Å². The van der Waals surface area contributed by atoms with E-state index in [2.05, 4.69) is 29.3 Å². The van der Waals surface area contributed by atoms with E-state index in [9.17, 15) is 4.79 Å². The Balaban J connectivity index is 1.43. The summed E-state index contributed by atoms with van der Waals surface area (Å²) in [5, 5.41) is 3.14. The molecule has 0 aromatic heterocycles. The summed E-state index contributed by atoms with van der Waals surface area (Å²) in [6, 6.07) is 8.21. The first-order valence-electron chi connectivity index (χ1n) is 8.81. The minimum atomic E-state index is 0.226. The molecular formula is C19H28N2O2. The Labute approximate surface area is 139 Å². The Hall–Kier alpha value is -1.71. The molecule has 0 radical (unpaired) electrons. The molecule has 4 heteroatoms. The molecule has 1 saturated heterocycles. The number of carbonyl (C=O) groups is 1. The van der Waals surface area contributed by atoms with Crippen molar-refractivity contribution in [3.05, 3.63) is 24.3 Å². The normalized spacial score (nSPS) is 22.0. The van der Waals surface area contributed by atoms with Crippen LogP contribution in [0.5, 0.6) is 5.75 Å². The maximum absolute atomic E-state index is 12.0. The summed E-state index contributed by atoms with van der Waals surface area (Å²) in [7, 11) is 1.70. The van der Waals surface area contributed by atoms with Crippen molar-refractivity contribution in [1.29, 1.82) is 0 Å². The number of rotatable bonds is 7. The van der Waals surface area contributed by atoms with E-state index in [1.165, 1.54) is 18.5 Å². The molecule has 0 spiro atoms. The van der Waals surface area contributed by atoms with Crippen molar-refractivity contribution in [3.63, 3.8) is 0 Å². The number of hydrogen-bond acceptors (Lipinski definition) is 3. The van der Waals surface area contributed by atoms with Crippen molar-refractivity contribution in [2.45, 2.75) is 32.6 Å².